The zero-order valence-corrected chi connectivity index (χ0v) is 35.0. The lowest BCUT2D eigenvalue weighted by molar-refractivity contribution is 0.483. The summed E-state index contributed by atoms with van der Waals surface area (Å²) in [4.78, 5) is 2.56. The van der Waals surface area contributed by atoms with E-state index in [2.05, 4.69) is 201 Å². The first-order valence-corrected chi connectivity index (χ1v) is 21.8. The van der Waals surface area contributed by atoms with Crippen LogP contribution in [0.3, 0.4) is 0 Å². The van der Waals surface area contributed by atoms with Crippen molar-refractivity contribution in [3.8, 4) is 28.3 Å². The summed E-state index contributed by atoms with van der Waals surface area (Å²) < 4.78 is 16.2. The normalized spacial score (nSPS) is 13.2. The molecule has 0 fully saturated rings. The molecule has 294 valence electrons. The lowest BCUT2D eigenvalue weighted by atomic mass is 9.34. The third-order valence-corrected chi connectivity index (χ3v) is 13.2. The van der Waals surface area contributed by atoms with Crippen molar-refractivity contribution in [3.05, 3.63) is 175 Å². The highest BCUT2D eigenvalue weighted by Gasteiger charge is 2.43. The lowest BCUT2D eigenvalue weighted by Crippen LogP contribution is -2.59. The Bertz CT molecular complexity index is 3330. The molecule has 0 saturated heterocycles. The summed E-state index contributed by atoms with van der Waals surface area (Å²) >= 11 is 0. The van der Waals surface area contributed by atoms with Gasteiger partial charge in [-0.1, -0.05) is 137 Å². The minimum atomic E-state index is -0.131. The number of hydrogen-bond acceptors (Lipinski definition) is 3. The van der Waals surface area contributed by atoms with Crippen LogP contribution in [-0.4, -0.2) is 11.3 Å². The molecule has 0 spiro atoms. The molecule has 0 unspecified atom stereocenters. The molecule has 10 aromatic rings. The average molecular weight is 789 g/mol. The van der Waals surface area contributed by atoms with Gasteiger partial charge in [0, 0.05) is 44.7 Å². The van der Waals surface area contributed by atoms with Crippen LogP contribution in [0.2, 0.25) is 0 Å². The molecule has 0 bridgehead atoms. The van der Waals surface area contributed by atoms with Crippen molar-refractivity contribution in [3.63, 3.8) is 0 Å². The molecule has 61 heavy (non-hydrogen) atoms. The van der Waals surface area contributed by atoms with E-state index in [0.29, 0.717) is 0 Å². The van der Waals surface area contributed by atoms with Crippen LogP contribution in [-0.2, 0) is 11.8 Å². The molecule has 2 aromatic heterocycles. The third-order valence-electron chi connectivity index (χ3n) is 13.2. The molecule has 0 saturated carbocycles. The van der Waals surface area contributed by atoms with Crippen molar-refractivity contribution in [2.45, 2.75) is 52.4 Å². The van der Waals surface area contributed by atoms with Crippen LogP contribution >= 0.6 is 0 Å². The standard InChI is InChI=1S/C56H45BN2O2/c1-5-6-18-41-47(29-30-51-54(41)42-21-12-15-24-50(42)60-51)59-48-28-25-36(35-16-8-7-9-17-35)31-44(48)57-43-27-26-38(58-45-22-13-10-19-39(45)40-20-11-14-23-46(40)58)34-52(43)61-53-33-37(56(2,3)4)32-49(59)55(53)57/h7-17,19-34H,5-6,18H2,1-4H3. The molecular formula is C56H45BN2O2. The zero-order valence-electron chi connectivity index (χ0n) is 35.0. The highest BCUT2D eigenvalue weighted by Crippen LogP contribution is 2.47. The minimum Gasteiger partial charge on any atom is -0.458 e. The molecule has 8 aromatic carbocycles. The molecule has 5 heteroatoms. The van der Waals surface area contributed by atoms with Gasteiger partial charge in [0.15, 0.2) is 0 Å². The van der Waals surface area contributed by atoms with Crippen molar-refractivity contribution in [1.82, 2.24) is 4.57 Å². The highest BCUT2D eigenvalue weighted by atomic mass is 16.5. The fourth-order valence-corrected chi connectivity index (χ4v) is 10.3. The second kappa shape index (κ2) is 13.5. The predicted octanol–water partition coefficient (Wildman–Crippen LogP) is 13.4. The first-order chi connectivity index (χ1) is 29.9. The van der Waals surface area contributed by atoms with Crippen LogP contribution in [0.15, 0.2) is 168 Å². The summed E-state index contributed by atoms with van der Waals surface area (Å²) in [5.41, 5.74) is 17.4. The Balaban J connectivity index is 1.14. The fraction of sp³-hybridized carbons (Fsp3) is 0.143. The van der Waals surface area contributed by atoms with E-state index in [1.165, 1.54) is 88.3 Å². The SMILES string of the molecule is CCCCc1c(N2c3ccc(-c4ccccc4)cc3B3c4ccc(-n5c6ccccc6c6ccccc65)cc4Oc4cc(C(C)(C)C)cc2c43)ccc2oc3ccccc3c12. The maximum Gasteiger partial charge on any atom is 0.256 e. The minimum absolute atomic E-state index is 0.0533. The molecule has 4 nitrogen and oxygen atoms in total. The Hall–Kier alpha value is -6.98. The van der Waals surface area contributed by atoms with Gasteiger partial charge in [-0.2, -0.15) is 0 Å². The lowest BCUT2D eigenvalue weighted by Gasteiger charge is -2.42. The van der Waals surface area contributed by atoms with Gasteiger partial charge in [-0.15, -0.1) is 0 Å². The Morgan fingerprint density at radius 1 is 0.557 bits per heavy atom. The van der Waals surface area contributed by atoms with Gasteiger partial charge in [-0.05, 0) is 111 Å². The highest BCUT2D eigenvalue weighted by molar-refractivity contribution is 6.99. The smallest absolute Gasteiger partial charge is 0.256 e. The summed E-state index contributed by atoms with van der Waals surface area (Å²) in [5, 5.41) is 4.88. The number of ether oxygens (including phenoxy) is 1. The summed E-state index contributed by atoms with van der Waals surface area (Å²) in [6, 6.07) is 60.0. The molecular weight excluding hydrogens is 743 g/mol. The van der Waals surface area contributed by atoms with Crippen LogP contribution in [0.1, 0.15) is 51.7 Å². The number of anilines is 3. The molecule has 2 aliphatic rings. The summed E-state index contributed by atoms with van der Waals surface area (Å²) in [6.45, 7) is 9.14. The van der Waals surface area contributed by atoms with E-state index >= 15 is 0 Å². The first kappa shape index (κ1) is 35.9. The van der Waals surface area contributed by atoms with Gasteiger partial charge in [0.1, 0.15) is 22.7 Å². The molecule has 0 amide bonds. The van der Waals surface area contributed by atoms with E-state index in [9.17, 15) is 0 Å². The summed E-state index contributed by atoms with van der Waals surface area (Å²) in [5.74, 6) is 1.82. The molecule has 0 atom stereocenters. The van der Waals surface area contributed by atoms with Crippen molar-refractivity contribution < 1.29 is 9.15 Å². The average Bonchev–Trinajstić information content (AvgIpc) is 3.84. The number of aryl methyl sites for hydroxylation is 1. The van der Waals surface area contributed by atoms with Gasteiger partial charge in [0.2, 0.25) is 0 Å². The Morgan fingerprint density at radius 2 is 1.26 bits per heavy atom. The van der Waals surface area contributed by atoms with Gasteiger partial charge < -0.3 is 18.6 Å². The third kappa shape index (κ3) is 5.46. The molecule has 12 rings (SSSR count). The quantitative estimate of drug-likeness (QED) is 0.157. The molecule has 0 aliphatic carbocycles. The second-order valence-electron chi connectivity index (χ2n) is 17.9. The maximum atomic E-state index is 7.29. The number of furan rings is 1. The van der Waals surface area contributed by atoms with E-state index < -0.39 is 0 Å². The van der Waals surface area contributed by atoms with Crippen LogP contribution in [0.4, 0.5) is 17.1 Å². The fourth-order valence-electron chi connectivity index (χ4n) is 10.3. The number of fused-ring (bicyclic) bond motifs is 10. The van der Waals surface area contributed by atoms with Gasteiger partial charge in [0.05, 0.1) is 16.7 Å². The Kier molecular flexibility index (Phi) is 7.96. The monoisotopic (exact) mass is 788 g/mol. The van der Waals surface area contributed by atoms with Crippen LogP contribution in [0.25, 0.3) is 60.6 Å². The van der Waals surface area contributed by atoms with E-state index in [4.69, 9.17) is 9.15 Å². The number of rotatable bonds is 6. The van der Waals surface area contributed by atoms with E-state index in [-0.39, 0.29) is 12.1 Å². The number of nitrogens with zero attached hydrogens (tertiary/aromatic N) is 2. The zero-order chi connectivity index (χ0) is 41.0. The number of benzene rings is 8. The van der Waals surface area contributed by atoms with Gasteiger partial charge in [0.25, 0.3) is 6.71 Å². The van der Waals surface area contributed by atoms with E-state index in [1.807, 2.05) is 0 Å². The number of unbranched alkanes of at least 4 members (excludes halogenated alkanes) is 1. The van der Waals surface area contributed by atoms with Crippen molar-refractivity contribution >= 4 is 83.9 Å². The van der Waals surface area contributed by atoms with Crippen LogP contribution in [0, 0.1) is 0 Å². The molecule has 2 aliphatic heterocycles. The molecule has 0 N–H and O–H groups in total. The molecule has 4 heterocycles. The van der Waals surface area contributed by atoms with Crippen molar-refractivity contribution in [2.24, 2.45) is 0 Å². The maximum absolute atomic E-state index is 7.29. The van der Waals surface area contributed by atoms with Crippen LogP contribution in [0.5, 0.6) is 11.5 Å². The topological polar surface area (TPSA) is 30.5 Å². The van der Waals surface area contributed by atoms with Crippen molar-refractivity contribution in [1.29, 1.82) is 0 Å². The predicted molar refractivity (Wildman–Crippen MR) is 257 cm³/mol. The Morgan fingerprint density at radius 3 is 2.02 bits per heavy atom. The van der Waals surface area contributed by atoms with Gasteiger partial charge in [-0.3, -0.25) is 0 Å². The van der Waals surface area contributed by atoms with Gasteiger partial charge in [-0.25, -0.2) is 0 Å². The van der Waals surface area contributed by atoms with Crippen molar-refractivity contribution in [2.75, 3.05) is 4.90 Å². The van der Waals surface area contributed by atoms with E-state index in [1.54, 1.807) is 0 Å². The van der Waals surface area contributed by atoms with E-state index in [0.717, 1.165) is 47.6 Å². The Labute approximate surface area is 356 Å². The number of para-hydroxylation sites is 3. The second-order valence-corrected chi connectivity index (χ2v) is 17.9. The largest absolute Gasteiger partial charge is 0.458 e. The number of aromatic nitrogens is 1. The number of hydrogen-bond donors (Lipinski definition) is 0. The summed E-state index contributed by atoms with van der Waals surface area (Å²) in [7, 11) is 0. The van der Waals surface area contributed by atoms with Crippen LogP contribution < -0.4 is 26.0 Å². The summed E-state index contributed by atoms with van der Waals surface area (Å²) in [6.07, 6.45) is 3.11. The first-order valence-electron chi connectivity index (χ1n) is 21.8. The molecule has 0 radical (unpaired) electrons. The van der Waals surface area contributed by atoms with Gasteiger partial charge >= 0.3 is 0 Å².